The number of imide groups is 1. The van der Waals surface area contributed by atoms with Crippen molar-refractivity contribution < 1.29 is 42.2 Å². The number of ether oxygens (including phenoxy) is 1. The Morgan fingerprint density at radius 1 is 0.929 bits per heavy atom. The molecule has 300 valence electrons. The number of carboxylic acids is 1. The van der Waals surface area contributed by atoms with Crippen molar-refractivity contribution in [1.29, 1.82) is 0 Å². The fourth-order valence-corrected chi connectivity index (χ4v) is 5.79. The maximum absolute atomic E-state index is 14.1. The topological polar surface area (TPSA) is 223 Å². The molecule has 0 spiro atoms. The summed E-state index contributed by atoms with van der Waals surface area (Å²) in [6.07, 6.45) is 0.862. The minimum absolute atomic E-state index is 0.206. The Morgan fingerprint density at radius 2 is 1.50 bits per heavy atom. The molecule has 56 heavy (non-hydrogen) atoms. The van der Waals surface area contributed by atoms with Crippen LogP contribution in [0.25, 0.3) is 22.5 Å². The van der Waals surface area contributed by atoms with E-state index < -0.39 is 35.8 Å². The summed E-state index contributed by atoms with van der Waals surface area (Å²) in [4.78, 5) is 61.0. The van der Waals surface area contributed by atoms with Gasteiger partial charge in [0.1, 0.15) is 5.60 Å². The molecule has 2 aromatic carbocycles. The van der Waals surface area contributed by atoms with Gasteiger partial charge in [-0.1, -0.05) is 24.3 Å². The van der Waals surface area contributed by atoms with E-state index in [2.05, 4.69) is 35.9 Å². The monoisotopic (exact) mass is 782 g/mol. The van der Waals surface area contributed by atoms with Crippen molar-refractivity contribution in [2.24, 2.45) is 17.6 Å². The van der Waals surface area contributed by atoms with E-state index in [4.69, 9.17) is 20.4 Å². The van der Waals surface area contributed by atoms with Crippen molar-refractivity contribution in [3.63, 3.8) is 0 Å². The number of hydrogen-bond acceptors (Lipinski definition) is 12. The molecular weight excluding hydrogens is 737 g/mol. The van der Waals surface area contributed by atoms with Gasteiger partial charge in [-0.2, -0.15) is 18.4 Å². The molecule has 1 aliphatic carbocycles. The van der Waals surface area contributed by atoms with Gasteiger partial charge in [0.25, 0.3) is 5.91 Å². The van der Waals surface area contributed by atoms with Crippen LogP contribution in [0.2, 0.25) is 0 Å². The number of carboxylic acid groups (broad SMARTS) is 1. The molecule has 5 N–H and O–H groups in total. The van der Waals surface area contributed by atoms with E-state index in [9.17, 15) is 27.6 Å². The molecule has 0 bridgehead atoms. The highest BCUT2D eigenvalue weighted by molar-refractivity contribution is 6.17. The van der Waals surface area contributed by atoms with Gasteiger partial charge in [-0.05, 0) is 99.4 Å². The third-order valence-electron chi connectivity index (χ3n) is 8.64. The largest absolute Gasteiger partial charge is 0.490 e. The number of amides is 3. The highest BCUT2D eigenvalue weighted by Gasteiger charge is 2.38. The Hall–Kier alpha value is -5.98. The maximum Gasteiger partial charge on any atom is 0.490 e. The molecule has 0 unspecified atom stereocenters. The smallest absolute Gasteiger partial charge is 0.475 e. The molecule has 1 fully saturated rings. The van der Waals surface area contributed by atoms with Crippen molar-refractivity contribution in [1.82, 2.24) is 35.9 Å². The molecular formula is C37H45F3N10O6. The molecule has 0 radical (unpaired) electrons. The van der Waals surface area contributed by atoms with E-state index >= 15 is 0 Å². The average Bonchev–Trinajstić information content (AvgIpc) is 3.69. The zero-order chi connectivity index (χ0) is 41.2. The quantitative estimate of drug-likeness (QED) is 0.170. The zero-order valence-corrected chi connectivity index (χ0v) is 31.6. The van der Waals surface area contributed by atoms with Gasteiger partial charge in [-0.15, -0.1) is 10.2 Å². The zero-order valence-electron chi connectivity index (χ0n) is 31.6. The second-order valence-corrected chi connectivity index (χ2v) is 14.4. The summed E-state index contributed by atoms with van der Waals surface area (Å²) in [7, 11) is 3.77. The summed E-state index contributed by atoms with van der Waals surface area (Å²) in [6, 6.07) is 13.6. The molecule has 0 saturated heterocycles. The summed E-state index contributed by atoms with van der Waals surface area (Å²) in [5.41, 5.74) is 9.72. The Kier molecular flexibility index (Phi) is 14.2. The maximum atomic E-state index is 14.1. The van der Waals surface area contributed by atoms with Crippen LogP contribution in [0.5, 0.6) is 0 Å². The molecule has 16 nitrogen and oxygen atoms in total. The van der Waals surface area contributed by atoms with Gasteiger partial charge in [0.05, 0.1) is 11.7 Å². The third kappa shape index (κ3) is 12.3. The lowest BCUT2D eigenvalue weighted by atomic mass is 9.81. The van der Waals surface area contributed by atoms with Gasteiger partial charge in [0.2, 0.25) is 17.7 Å². The predicted octanol–water partition coefficient (Wildman–Crippen LogP) is 4.78. The van der Waals surface area contributed by atoms with Gasteiger partial charge in [0.15, 0.2) is 0 Å². The van der Waals surface area contributed by atoms with Crippen LogP contribution in [0.1, 0.15) is 52.0 Å². The van der Waals surface area contributed by atoms with E-state index in [0.717, 1.165) is 29.5 Å². The van der Waals surface area contributed by atoms with E-state index in [1.165, 1.54) is 4.90 Å². The summed E-state index contributed by atoms with van der Waals surface area (Å²) in [6.45, 7) is 5.92. The van der Waals surface area contributed by atoms with Crippen LogP contribution in [-0.4, -0.2) is 98.0 Å². The lowest BCUT2D eigenvalue weighted by Gasteiger charge is -2.32. The first-order chi connectivity index (χ1) is 26.3. The van der Waals surface area contributed by atoms with E-state index in [1.807, 2.05) is 64.0 Å². The normalized spacial score (nSPS) is 16.1. The van der Waals surface area contributed by atoms with Crippen molar-refractivity contribution in [2.75, 3.05) is 30.4 Å². The third-order valence-corrected chi connectivity index (χ3v) is 8.64. The lowest BCUT2D eigenvalue weighted by Crippen LogP contribution is -2.50. The highest BCUT2D eigenvalue weighted by Crippen LogP contribution is 2.32. The van der Waals surface area contributed by atoms with E-state index in [1.54, 1.807) is 36.7 Å². The summed E-state index contributed by atoms with van der Waals surface area (Å²) in [5, 5.41) is 24.0. The Labute approximate surface area is 321 Å². The number of carbonyl (C=O) groups is 4. The number of aromatic amines is 1. The van der Waals surface area contributed by atoms with Crippen LogP contribution < -0.4 is 20.9 Å². The number of hydrogen-bond donors (Lipinski definition) is 4. The van der Waals surface area contributed by atoms with Gasteiger partial charge in [0, 0.05) is 50.1 Å². The van der Waals surface area contributed by atoms with Crippen molar-refractivity contribution in [2.45, 2.75) is 70.7 Å². The Bertz CT molecular complexity index is 1910. The van der Waals surface area contributed by atoms with Gasteiger partial charge < -0.3 is 25.8 Å². The molecule has 19 heteroatoms. The van der Waals surface area contributed by atoms with Crippen LogP contribution in [0.4, 0.5) is 29.6 Å². The van der Waals surface area contributed by atoms with Crippen LogP contribution in [-0.2, 0) is 25.5 Å². The number of aromatic nitrogens is 6. The molecule has 2 heterocycles. The number of nitrogens with zero attached hydrogens (tertiary/aromatic N) is 7. The molecule has 5 rings (SSSR count). The number of H-pyrrole nitrogens is 1. The second kappa shape index (κ2) is 18.6. The van der Waals surface area contributed by atoms with Crippen LogP contribution in [0, 0.1) is 11.8 Å². The standard InChI is InChI=1S/C35H44N10O4.C2HF3O2/c1-35(2,3)49-34(48)39-19-23-8-12-26(13-9-23)31(46)45(28-16-14-25(15-17-28)30-40-42-43-41-30)32(47)29(36)18-22-6-10-24(11-7-22)27-20-37-33(38-21-27)44(4)5;3-2(4,5)1(6)7/h6-7,10-11,14-17,20-21,23,26,29H,8-9,12-13,18-19,36H2,1-5H3,(H,39,48)(H,40,41,42,43);(H,6,7)/t23-,26-,29-;/m0./s1. The molecule has 1 saturated carbocycles. The number of anilines is 2. The van der Waals surface area contributed by atoms with Crippen LogP contribution in [0.3, 0.4) is 0 Å². The first-order valence-corrected chi connectivity index (χ1v) is 17.6. The number of alkyl halides is 3. The first-order valence-electron chi connectivity index (χ1n) is 17.6. The number of tetrazole rings is 1. The Morgan fingerprint density at radius 3 is 2.00 bits per heavy atom. The molecule has 1 atom stereocenters. The van der Waals surface area contributed by atoms with Crippen molar-refractivity contribution in [3.8, 4) is 22.5 Å². The number of nitrogens with two attached hydrogens (primary N) is 1. The van der Waals surface area contributed by atoms with Gasteiger partial charge >= 0.3 is 18.2 Å². The van der Waals surface area contributed by atoms with Gasteiger partial charge in [-0.25, -0.2) is 24.5 Å². The number of carbonyl (C=O) groups excluding carboxylic acids is 3. The van der Waals surface area contributed by atoms with Gasteiger partial charge in [-0.3, -0.25) is 9.59 Å². The number of halogens is 3. The fraction of sp³-hybridized carbons (Fsp3) is 0.432. The lowest BCUT2D eigenvalue weighted by molar-refractivity contribution is -0.192. The molecule has 0 aliphatic heterocycles. The number of aliphatic carboxylic acids is 1. The average molecular weight is 783 g/mol. The van der Waals surface area contributed by atoms with Crippen LogP contribution >= 0.6 is 0 Å². The predicted molar refractivity (Wildman–Crippen MR) is 199 cm³/mol. The van der Waals surface area contributed by atoms with E-state index in [0.29, 0.717) is 42.4 Å². The van der Waals surface area contributed by atoms with E-state index in [-0.39, 0.29) is 24.2 Å². The number of benzene rings is 2. The first kappa shape index (κ1) is 42.8. The number of nitrogens with one attached hydrogen (secondary N) is 2. The minimum atomic E-state index is -5.08. The molecule has 3 amide bonds. The number of alkyl carbamates (subject to hydrolysis) is 1. The van der Waals surface area contributed by atoms with Crippen molar-refractivity contribution >= 4 is 35.5 Å². The summed E-state index contributed by atoms with van der Waals surface area (Å²) < 4.78 is 37.1. The summed E-state index contributed by atoms with van der Waals surface area (Å²) in [5.74, 6) is -2.67. The minimum Gasteiger partial charge on any atom is -0.475 e. The second-order valence-electron chi connectivity index (χ2n) is 14.4. The van der Waals surface area contributed by atoms with Crippen LogP contribution in [0.15, 0.2) is 60.9 Å². The Balaban J connectivity index is 0.000000908. The molecule has 1 aliphatic rings. The molecule has 2 aromatic heterocycles. The van der Waals surface area contributed by atoms with Crippen molar-refractivity contribution in [3.05, 3.63) is 66.5 Å². The summed E-state index contributed by atoms with van der Waals surface area (Å²) >= 11 is 0. The fourth-order valence-electron chi connectivity index (χ4n) is 5.79. The SMILES string of the molecule is CN(C)c1ncc(-c2ccc(C[C@H](N)C(=O)N(c3ccc(-c4nn[nH]n4)cc3)C(=O)[C@H]3CC[C@H](CNC(=O)OC(C)(C)C)CC3)cc2)cn1.O=C(O)C(F)(F)F. The molecule has 4 aromatic rings. The number of rotatable bonds is 10. The highest BCUT2D eigenvalue weighted by atomic mass is 19.4.